The third-order valence-electron chi connectivity index (χ3n) is 4.29. The molecule has 1 aliphatic rings. The van der Waals surface area contributed by atoms with Crippen LogP contribution in [0, 0.1) is 0 Å². The molecule has 5 nitrogen and oxygen atoms in total. The highest BCUT2D eigenvalue weighted by Gasteiger charge is 2.25. The van der Waals surface area contributed by atoms with E-state index in [1.165, 1.54) is 11.3 Å². The van der Waals surface area contributed by atoms with Gasteiger partial charge in [0.15, 0.2) is 5.13 Å². The molecule has 1 aliphatic heterocycles. The Morgan fingerprint density at radius 3 is 2.68 bits per heavy atom. The second-order valence-corrected chi connectivity index (χ2v) is 7.70. The normalized spacial score (nSPS) is 15.3. The number of carbonyl (C=O) groups excluding carboxylic acids is 1. The molecule has 1 aromatic carbocycles. The lowest BCUT2D eigenvalue weighted by Gasteiger charge is -2.31. The summed E-state index contributed by atoms with van der Waals surface area (Å²) in [6.45, 7) is 1.50. The van der Waals surface area contributed by atoms with Crippen molar-refractivity contribution in [3.05, 3.63) is 53.0 Å². The van der Waals surface area contributed by atoms with Crippen LogP contribution in [-0.2, 0) is 0 Å². The molecule has 0 atom stereocenters. The van der Waals surface area contributed by atoms with Crippen molar-refractivity contribution in [2.45, 2.75) is 18.9 Å². The van der Waals surface area contributed by atoms with Crippen molar-refractivity contribution in [2.75, 3.05) is 18.4 Å². The van der Waals surface area contributed by atoms with Crippen LogP contribution in [0.25, 0.3) is 10.6 Å². The van der Waals surface area contributed by atoms with Crippen molar-refractivity contribution in [1.29, 1.82) is 0 Å². The Morgan fingerprint density at radius 1 is 1.16 bits per heavy atom. The van der Waals surface area contributed by atoms with Crippen molar-refractivity contribution in [3.63, 3.8) is 0 Å². The first-order valence-corrected chi connectivity index (χ1v) is 10.0. The van der Waals surface area contributed by atoms with Crippen LogP contribution in [0.3, 0.4) is 0 Å². The van der Waals surface area contributed by atoms with E-state index in [2.05, 4.69) is 15.3 Å². The van der Waals surface area contributed by atoms with Crippen molar-refractivity contribution in [1.82, 2.24) is 14.9 Å². The van der Waals surface area contributed by atoms with E-state index in [1.807, 2.05) is 46.0 Å². The molecule has 0 radical (unpaired) electrons. The van der Waals surface area contributed by atoms with E-state index in [1.54, 1.807) is 17.5 Å². The van der Waals surface area contributed by atoms with E-state index < -0.39 is 0 Å². The fraction of sp³-hybridized carbons (Fsp3) is 0.278. The zero-order chi connectivity index (χ0) is 17.1. The van der Waals surface area contributed by atoms with Crippen LogP contribution in [0.15, 0.2) is 47.3 Å². The molecule has 0 unspecified atom stereocenters. The van der Waals surface area contributed by atoms with E-state index in [-0.39, 0.29) is 5.91 Å². The number of nitrogens with zero attached hydrogens (tertiary/aromatic N) is 3. The summed E-state index contributed by atoms with van der Waals surface area (Å²) < 4.78 is 0. The second kappa shape index (κ2) is 7.33. The lowest BCUT2D eigenvalue weighted by atomic mass is 10.1. The van der Waals surface area contributed by atoms with Crippen molar-refractivity contribution < 1.29 is 4.79 Å². The maximum absolute atomic E-state index is 12.7. The number of hydrogen-bond donors (Lipinski definition) is 1. The van der Waals surface area contributed by atoms with Gasteiger partial charge in [0, 0.05) is 41.7 Å². The van der Waals surface area contributed by atoms with Gasteiger partial charge < -0.3 is 10.2 Å². The predicted molar refractivity (Wildman–Crippen MR) is 102 cm³/mol. The third kappa shape index (κ3) is 3.72. The molecular formula is C18H18N4OS2. The summed E-state index contributed by atoms with van der Waals surface area (Å²) in [5.41, 5.74) is 1.60. The number of nitrogens with one attached hydrogen (secondary N) is 1. The fourth-order valence-electron chi connectivity index (χ4n) is 2.94. The number of aromatic nitrogens is 2. The molecule has 3 aromatic rings. The molecule has 0 spiro atoms. The Balaban J connectivity index is 1.37. The lowest BCUT2D eigenvalue weighted by Crippen LogP contribution is -2.42. The highest BCUT2D eigenvalue weighted by atomic mass is 32.1. The van der Waals surface area contributed by atoms with Gasteiger partial charge in [-0.1, -0.05) is 30.3 Å². The van der Waals surface area contributed by atoms with Crippen LogP contribution >= 0.6 is 22.7 Å². The standard InChI is InChI=1S/C18H18N4OS2/c23-17(15-12-25-16(21-15)13-4-2-1-3-5-13)22-9-6-14(7-10-22)20-18-19-8-11-24-18/h1-5,8,11-12,14H,6-7,9-10H2,(H,19,20). The molecule has 7 heteroatoms. The summed E-state index contributed by atoms with van der Waals surface area (Å²) in [5, 5.41) is 9.12. The zero-order valence-electron chi connectivity index (χ0n) is 13.6. The number of piperidine rings is 1. The molecule has 4 rings (SSSR count). The topological polar surface area (TPSA) is 58.1 Å². The Morgan fingerprint density at radius 2 is 1.96 bits per heavy atom. The molecule has 0 bridgehead atoms. The monoisotopic (exact) mass is 370 g/mol. The van der Waals surface area contributed by atoms with E-state index in [9.17, 15) is 4.79 Å². The van der Waals surface area contributed by atoms with Gasteiger partial charge in [0.1, 0.15) is 10.7 Å². The quantitative estimate of drug-likeness (QED) is 0.755. The molecule has 0 saturated carbocycles. The molecule has 1 amide bonds. The summed E-state index contributed by atoms with van der Waals surface area (Å²) in [6.07, 6.45) is 3.67. The highest BCUT2D eigenvalue weighted by molar-refractivity contribution is 7.13. The van der Waals surface area contributed by atoms with Crippen LogP contribution in [-0.4, -0.2) is 39.9 Å². The summed E-state index contributed by atoms with van der Waals surface area (Å²) in [4.78, 5) is 23.4. The number of carbonyl (C=O) groups is 1. The molecule has 2 aromatic heterocycles. The first-order chi connectivity index (χ1) is 12.3. The minimum Gasteiger partial charge on any atom is -0.359 e. The number of thiazole rings is 2. The minimum absolute atomic E-state index is 0.0335. The number of likely N-dealkylation sites (tertiary alicyclic amines) is 1. The van der Waals surface area contributed by atoms with Gasteiger partial charge in [-0.05, 0) is 12.8 Å². The minimum atomic E-state index is 0.0335. The summed E-state index contributed by atoms with van der Waals surface area (Å²) in [7, 11) is 0. The molecular weight excluding hydrogens is 352 g/mol. The first-order valence-electron chi connectivity index (χ1n) is 8.26. The zero-order valence-corrected chi connectivity index (χ0v) is 15.2. The van der Waals surface area contributed by atoms with E-state index >= 15 is 0 Å². The van der Waals surface area contributed by atoms with E-state index in [0.717, 1.165) is 41.6 Å². The Hall–Kier alpha value is -2.25. The van der Waals surface area contributed by atoms with Gasteiger partial charge in [-0.2, -0.15) is 0 Å². The molecule has 1 N–H and O–H groups in total. The predicted octanol–water partition coefficient (Wildman–Crippen LogP) is 3.98. The average molecular weight is 371 g/mol. The van der Waals surface area contributed by atoms with Crippen molar-refractivity contribution >= 4 is 33.7 Å². The average Bonchev–Trinajstić information content (AvgIpc) is 3.34. The summed E-state index contributed by atoms with van der Waals surface area (Å²) >= 11 is 3.13. The molecule has 3 heterocycles. The molecule has 25 heavy (non-hydrogen) atoms. The number of anilines is 1. The number of amides is 1. The van der Waals surface area contributed by atoms with Crippen LogP contribution < -0.4 is 5.32 Å². The van der Waals surface area contributed by atoms with Crippen LogP contribution in [0.4, 0.5) is 5.13 Å². The maximum Gasteiger partial charge on any atom is 0.273 e. The van der Waals surface area contributed by atoms with Crippen molar-refractivity contribution in [2.24, 2.45) is 0 Å². The fourth-order valence-corrected chi connectivity index (χ4v) is 4.35. The first kappa shape index (κ1) is 16.2. The Kier molecular flexibility index (Phi) is 4.76. The number of benzene rings is 1. The lowest BCUT2D eigenvalue weighted by molar-refractivity contribution is 0.0713. The number of hydrogen-bond acceptors (Lipinski definition) is 6. The van der Waals surface area contributed by atoms with Crippen LogP contribution in [0.5, 0.6) is 0 Å². The smallest absolute Gasteiger partial charge is 0.273 e. The molecule has 1 saturated heterocycles. The largest absolute Gasteiger partial charge is 0.359 e. The highest BCUT2D eigenvalue weighted by Crippen LogP contribution is 2.25. The van der Waals surface area contributed by atoms with Gasteiger partial charge in [0.05, 0.1) is 0 Å². The third-order valence-corrected chi connectivity index (χ3v) is 5.88. The van der Waals surface area contributed by atoms with Gasteiger partial charge in [-0.3, -0.25) is 4.79 Å². The maximum atomic E-state index is 12.7. The Bertz CT molecular complexity index is 824. The molecule has 1 fully saturated rings. The van der Waals surface area contributed by atoms with Gasteiger partial charge in [0.2, 0.25) is 0 Å². The summed E-state index contributed by atoms with van der Waals surface area (Å²) in [6, 6.07) is 10.4. The SMILES string of the molecule is O=C(c1csc(-c2ccccc2)n1)N1CCC(Nc2nccs2)CC1. The van der Waals surface area contributed by atoms with Gasteiger partial charge in [0.25, 0.3) is 5.91 Å². The second-order valence-electron chi connectivity index (χ2n) is 5.95. The van der Waals surface area contributed by atoms with Crippen molar-refractivity contribution in [3.8, 4) is 10.6 Å². The number of rotatable bonds is 4. The van der Waals surface area contributed by atoms with E-state index in [0.29, 0.717) is 11.7 Å². The van der Waals surface area contributed by atoms with Gasteiger partial charge in [-0.25, -0.2) is 9.97 Å². The Labute approximate surface area is 154 Å². The molecule has 0 aliphatic carbocycles. The van der Waals surface area contributed by atoms with Gasteiger partial charge >= 0.3 is 0 Å². The van der Waals surface area contributed by atoms with Gasteiger partial charge in [-0.15, -0.1) is 22.7 Å². The van der Waals surface area contributed by atoms with Crippen LogP contribution in [0.1, 0.15) is 23.3 Å². The summed E-state index contributed by atoms with van der Waals surface area (Å²) in [5.74, 6) is 0.0335. The molecule has 128 valence electrons. The van der Waals surface area contributed by atoms with E-state index in [4.69, 9.17) is 0 Å². The van der Waals surface area contributed by atoms with Crippen LogP contribution in [0.2, 0.25) is 0 Å².